The van der Waals surface area contributed by atoms with Gasteiger partial charge >= 0.3 is 0 Å². The first-order chi connectivity index (χ1) is 7.45. The van der Waals surface area contributed by atoms with Gasteiger partial charge in [0.15, 0.2) is 0 Å². The van der Waals surface area contributed by atoms with Crippen molar-refractivity contribution in [2.75, 3.05) is 13.1 Å². The Kier molecular flexibility index (Phi) is 4.98. The van der Waals surface area contributed by atoms with Crippen molar-refractivity contribution in [3.05, 3.63) is 0 Å². The maximum absolute atomic E-state index is 3.67. The fourth-order valence-electron chi connectivity index (χ4n) is 3.30. The molecule has 0 saturated heterocycles. The Hall–Kier alpha value is -0.0400. The van der Waals surface area contributed by atoms with E-state index in [1.54, 1.807) is 0 Å². The van der Waals surface area contributed by atoms with Crippen LogP contribution >= 0.6 is 0 Å². The average molecular weight is 209 g/mol. The molecule has 1 heteroatoms. The van der Waals surface area contributed by atoms with Crippen LogP contribution in [-0.2, 0) is 0 Å². The second kappa shape index (κ2) is 6.52. The molecule has 88 valence electrons. The minimum Gasteiger partial charge on any atom is -0.316 e. The fraction of sp³-hybridized carbons (Fsp3) is 1.00. The average Bonchev–Trinajstić information content (AvgIpc) is 2.79. The molecule has 2 aliphatic carbocycles. The largest absolute Gasteiger partial charge is 0.316 e. The molecular weight excluding hydrogens is 182 g/mol. The van der Waals surface area contributed by atoms with Crippen molar-refractivity contribution < 1.29 is 0 Å². The van der Waals surface area contributed by atoms with Gasteiger partial charge in [-0.3, -0.25) is 0 Å². The van der Waals surface area contributed by atoms with Gasteiger partial charge in [0.05, 0.1) is 0 Å². The molecule has 2 fully saturated rings. The summed E-state index contributed by atoms with van der Waals surface area (Å²) in [7, 11) is 0. The second-order valence-corrected chi connectivity index (χ2v) is 5.65. The zero-order chi connectivity index (χ0) is 10.3. The van der Waals surface area contributed by atoms with Crippen LogP contribution in [0.3, 0.4) is 0 Å². The minimum absolute atomic E-state index is 1.01. The number of hydrogen-bond acceptors (Lipinski definition) is 1. The van der Waals surface area contributed by atoms with E-state index in [4.69, 9.17) is 0 Å². The summed E-state index contributed by atoms with van der Waals surface area (Å²) < 4.78 is 0. The molecule has 2 aliphatic rings. The van der Waals surface area contributed by atoms with Gasteiger partial charge in [0.1, 0.15) is 0 Å². The maximum Gasteiger partial charge on any atom is -0.00205 e. The highest BCUT2D eigenvalue weighted by Crippen LogP contribution is 2.26. The summed E-state index contributed by atoms with van der Waals surface area (Å²) in [6.07, 6.45) is 14.9. The van der Waals surface area contributed by atoms with Crippen LogP contribution in [0.4, 0.5) is 0 Å². The van der Waals surface area contributed by atoms with Crippen molar-refractivity contribution in [2.45, 2.75) is 64.2 Å². The third-order valence-corrected chi connectivity index (χ3v) is 4.36. The molecule has 15 heavy (non-hydrogen) atoms. The molecule has 1 nitrogen and oxygen atoms in total. The van der Waals surface area contributed by atoms with Crippen molar-refractivity contribution >= 4 is 0 Å². The van der Waals surface area contributed by atoms with E-state index in [1.807, 2.05) is 0 Å². The lowest BCUT2D eigenvalue weighted by molar-refractivity contribution is 0.330. The Labute approximate surface area is 95.0 Å². The Morgan fingerprint density at radius 3 is 2.07 bits per heavy atom. The fourth-order valence-corrected chi connectivity index (χ4v) is 3.30. The molecule has 0 aliphatic heterocycles. The molecule has 0 bridgehead atoms. The van der Waals surface area contributed by atoms with Gasteiger partial charge in [-0.2, -0.15) is 0 Å². The number of hydrogen-bond donors (Lipinski definition) is 1. The van der Waals surface area contributed by atoms with Gasteiger partial charge in [0.25, 0.3) is 0 Å². The zero-order valence-corrected chi connectivity index (χ0v) is 10.1. The van der Waals surface area contributed by atoms with Crippen LogP contribution in [0.2, 0.25) is 0 Å². The smallest absolute Gasteiger partial charge is 0.00205 e. The Morgan fingerprint density at radius 1 is 0.733 bits per heavy atom. The SMILES string of the molecule is C1CCC(CCNCC2CCCC2)CC1. The molecule has 0 radical (unpaired) electrons. The highest BCUT2D eigenvalue weighted by molar-refractivity contribution is 4.71. The molecule has 0 atom stereocenters. The molecule has 0 amide bonds. The van der Waals surface area contributed by atoms with Crippen molar-refractivity contribution in [3.8, 4) is 0 Å². The summed E-state index contributed by atoms with van der Waals surface area (Å²) in [6.45, 7) is 2.58. The van der Waals surface area contributed by atoms with Gasteiger partial charge in [0, 0.05) is 0 Å². The first-order valence-corrected chi connectivity index (χ1v) is 7.16. The Bertz CT molecular complexity index is 155. The van der Waals surface area contributed by atoms with Gasteiger partial charge in [-0.05, 0) is 44.2 Å². The molecule has 0 aromatic rings. The monoisotopic (exact) mass is 209 g/mol. The summed E-state index contributed by atoms with van der Waals surface area (Å²) in [6, 6.07) is 0. The first kappa shape index (κ1) is 11.4. The van der Waals surface area contributed by atoms with Crippen LogP contribution in [0.5, 0.6) is 0 Å². The quantitative estimate of drug-likeness (QED) is 0.680. The van der Waals surface area contributed by atoms with Gasteiger partial charge in [-0.1, -0.05) is 44.9 Å². The molecule has 2 rings (SSSR count). The summed E-state index contributed by atoms with van der Waals surface area (Å²) in [5.41, 5.74) is 0. The number of rotatable bonds is 5. The first-order valence-electron chi connectivity index (χ1n) is 7.16. The van der Waals surface area contributed by atoms with E-state index in [9.17, 15) is 0 Å². The highest BCUT2D eigenvalue weighted by atomic mass is 14.9. The van der Waals surface area contributed by atoms with Crippen molar-refractivity contribution in [2.24, 2.45) is 11.8 Å². The van der Waals surface area contributed by atoms with Crippen LogP contribution in [0, 0.1) is 11.8 Å². The molecule has 0 spiro atoms. The normalized spacial score (nSPS) is 24.8. The van der Waals surface area contributed by atoms with E-state index < -0.39 is 0 Å². The lowest BCUT2D eigenvalue weighted by atomic mass is 9.87. The molecule has 2 saturated carbocycles. The van der Waals surface area contributed by atoms with Gasteiger partial charge in [0.2, 0.25) is 0 Å². The molecule has 0 unspecified atom stereocenters. The van der Waals surface area contributed by atoms with Crippen LogP contribution in [0.15, 0.2) is 0 Å². The number of nitrogens with one attached hydrogen (secondary N) is 1. The molecular formula is C14H27N. The van der Waals surface area contributed by atoms with Crippen LogP contribution in [-0.4, -0.2) is 13.1 Å². The lowest BCUT2D eigenvalue weighted by Crippen LogP contribution is -2.24. The zero-order valence-electron chi connectivity index (χ0n) is 10.1. The van der Waals surface area contributed by atoms with Crippen LogP contribution < -0.4 is 5.32 Å². The minimum atomic E-state index is 1.01. The summed E-state index contributed by atoms with van der Waals surface area (Å²) in [5, 5.41) is 3.67. The van der Waals surface area contributed by atoms with E-state index in [1.165, 1.54) is 77.3 Å². The molecule has 1 N–H and O–H groups in total. The van der Waals surface area contributed by atoms with E-state index in [0.29, 0.717) is 0 Å². The lowest BCUT2D eigenvalue weighted by Gasteiger charge is -2.21. The van der Waals surface area contributed by atoms with Gasteiger partial charge in [-0.15, -0.1) is 0 Å². The van der Waals surface area contributed by atoms with Crippen molar-refractivity contribution in [1.29, 1.82) is 0 Å². The third kappa shape index (κ3) is 4.14. The van der Waals surface area contributed by atoms with Gasteiger partial charge < -0.3 is 5.32 Å². The predicted molar refractivity (Wildman–Crippen MR) is 66.0 cm³/mol. The summed E-state index contributed by atoms with van der Waals surface area (Å²) in [5.74, 6) is 2.06. The van der Waals surface area contributed by atoms with Crippen molar-refractivity contribution in [3.63, 3.8) is 0 Å². The van der Waals surface area contributed by atoms with Crippen LogP contribution in [0.1, 0.15) is 64.2 Å². The van der Waals surface area contributed by atoms with E-state index in [0.717, 1.165) is 11.8 Å². The Morgan fingerprint density at radius 2 is 1.33 bits per heavy atom. The van der Waals surface area contributed by atoms with Gasteiger partial charge in [-0.25, -0.2) is 0 Å². The highest BCUT2D eigenvalue weighted by Gasteiger charge is 2.15. The predicted octanol–water partition coefficient (Wildman–Crippen LogP) is 3.74. The maximum atomic E-state index is 3.67. The van der Waals surface area contributed by atoms with E-state index >= 15 is 0 Å². The third-order valence-electron chi connectivity index (χ3n) is 4.36. The molecule has 0 aromatic carbocycles. The molecule has 0 aromatic heterocycles. The van der Waals surface area contributed by atoms with Crippen molar-refractivity contribution in [1.82, 2.24) is 5.32 Å². The van der Waals surface area contributed by atoms with E-state index in [2.05, 4.69) is 5.32 Å². The van der Waals surface area contributed by atoms with E-state index in [-0.39, 0.29) is 0 Å². The summed E-state index contributed by atoms with van der Waals surface area (Å²) in [4.78, 5) is 0. The Balaban J connectivity index is 1.47. The standard InChI is InChI=1S/C14H27N/c1-2-6-13(7-3-1)10-11-15-12-14-8-4-5-9-14/h13-15H,1-12H2. The molecule has 0 heterocycles. The second-order valence-electron chi connectivity index (χ2n) is 5.65. The topological polar surface area (TPSA) is 12.0 Å². The van der Waals surface area contributed by atoms with Crippen LogP contribution in [0.25, 0.3) is 0 Å². The summed E-state index contributed by atoms with van der Waals surface area (Å²) >= 11 is 0.